The molecule has 1 atom stereocenters. The lowest BCUT2D eigenvalue weighted by atomic mass is 9.94. The summed E-state index contributed by atoms with van der Waals surface area (Å²) in [7, 11) is 1.58. The molecule has 1 unspecified atom stereocenters. The summed E-state index contributed by atoms with van der Waals surface area (Å²) < 4.78 is 10.5. The molecule has 0 aliphatic carbocycles. The van der Waals surface area contributed by atoms with Crippen molar-refractivity contribution in [2.45, 2.75) is 31.3 Å². The van der Waals surface area contributed by atoms with Crippen LogP contribution in [0.1, 0.15) is 25.7 Å². The number of allylic oxidation sites excluding steroid dienone is 1. The molecule has 0 aromatic carbocycles. The van der Waals surface area contributed by atoms with E-state index in [9.17, 15) is 5.11 Å². The highest BCUT2D eigenvalue weighted by Crippen LogP contribution is 2.27. The Bertz CT molecular complexity index is 218. The second kappa shape index (κ2) is 6.10. The van der Waals surface area contributed by atoms with E-state index >= 15 is 0 Å². The molecule has 0 radical (unpaired) electrons. The normalized spacial score (nSPS) is 20.3. The fourth-order valence-corrected chi connectivity index (χ4v) is 1.78. The lowest BCUT2D eigenvalue weighted by Gasteiger charge is -2.31. The third-order valence-corrected chi connectivity index (χ3v) is 2.57. The summed E-state index contributed by atoms with van der Waals surface area (Å²) >= 11 is 0. The van der Waals surface area contributed by atoms with Crippen LogP contribution in [0.5, 0.6) is 0 Å². The van der Waals surface area contributed by atoms with Gasteiger partial charge in [0.1, 0.15) is 11.4 Å². The average Bonchev–Trinajstić information content (AvgIpc) is 2.28. The minimum atomic E-state index is -0.992. The molecule has 15 heavy (non-hydrogen) atoms. The highest BCUT2D eigenvalue weighted by atomic mass is 16.5. The van der Waals surface area contributed by atoms with Gasteiger partial charge < -0.3 is 20.3 Å². The van der Waals surface area contributed by atoms with E-state index in [0.717, 1.165) is 19.3 Å². The average molecular weight is 215 g/mol. The van der Waals surface area contributed by atoms with E-state index in [2.05, 4.69) is 0 Å². The molecule has 0 spiro atoms. The molecule has 1 heterocycles. The summed E-state index contributed by atoms with van der Waals surface area (Å²) in [6.45, 7) is 1.51. The Morgan fingerprint density at radius 3 is 3.00 bits per heavy atom. The molecule has 88 valence electrons. The zero-order valence-corrected chi connectivity index (χ0v) is 9.37. The van der Waals surface area contributed by atoms with Crippen molar-refractivity contribution in [1.82, 2.24) is 0 Å². The van der Waals surface area contributed by atoms with Crippen LogP contribution in [-0.2, 0) is 9.47 Å². The van der Waals surface area contributed by atoms with Crippen LogP contribution >= 0.6 is 0 Å². The maximum atomic E-state index is 10.4. The van der Waals surface area contributed by atoms with Gasteiger partial charge in [-0.05, 0) is 38.3 Å². The quantitative estimate of drug-likeness (QED) is 0.687. The number of rotatable bonds is 6. The summed E-state index contributed by atoms with van der Waals surface area (Å²) in [4.78, 5) is 0. The molecule has 0 aromatic rings. The van der Waals surface area contributed by atoms with Gasteiger partial charge in [0, 0.05) is 7.11 Å². The van der Waals surface area contributed by atoms with Crippen LogP contribution in [0.25, 0.3) is 0 Å². The fraction of sp³-hybridized carbons (Fsp3) is 0.818. The second-order valence-corrected chi connectivity index (χ2v) is 3.92. The predicted molar refractivity (Wildman–Crippen MR) is 58.4 cm³/mol. The Morgan fingerprint density at radius 2 is 2.47 bits per heavy atom. The molecule has 3 N–H and O–H groups in total. The van der Waals surface area contributed by atoms with E-state index in [4.69, 9.17) is 15.2 Å². The maximum absolute atomic E-state index is 10.4. The van der Waals surface area contributed by atoms with Crippen molar-refractivity contribution in [3.8, 4) is 0 Å². The molecule has 0 bridgehead atoms. The van der Waals surface area contributed by atoms with E-state index in [1.54, 1.807) is 7.11 Å². The van der Waals surface area contributed by atoms with Gasteiger partial charge in [-0.1, -0.05) is 0 Å². The Kier molecular flexibility index (Phi) is 5.08. The first-order valence-electron chi connectivity index (χ1n) is 5.48. The molecule has 0 amide bonds. The first-order chi connectivity index (χ1) is 7.23. The van der Waals surface area contributed by atoms with Gasteiger partial charge in [0.15, 0.2) is 0 Å². The van der Waals surface area contributed by atoms with Gasteiger partial charge in [0.05, 0.1) is 13.2 Å². The van der Waals surface area contributed by atoms with Crippen LogP contribution in [0.15, 0.2) is 11.8 Å². The first-order valence-corrected chi connectivity index (χ1v) is 5.48. The summed E-state index contributed by atoms with van der Waals surface area (Å²) in [5, 5.41) is 10.4. The SMILES string of the molecule is COCC(O)(CCCN)C1=CCCCO1. The summed E-state index contributed by atoms with van der Waals surface area (Å²) in [6, 6.07) is 0. The number of aliphatic hydroxyl groups is 1. The van der Waals surface area contributed by atoms with Gasteiger partial charge in [-0.2, -0.15) is 0 Å². The van der Waals surface area contributed by atoms with Crippen LogP contribution in [0.3, 0.4) is 0 Å². The zero-order valence-electron chi connectivity index (χ0n) is 9.37. The summed E-state index contributed by atoms with van der Waals surface area (Å²) in [5.74, 6) is 0.657. The van der Waals surface area contributed by atoms with Crippen molar-refractivity contribution in [1.29, 1.82) is 0 Å². The Hall–Kier alpha value is -0.580. The van der Waals surface area contributed by atoms with Gasteiger partial charge >= 0.3 is 0 Å². The van der Waals surface area contributed by atoms with Gasteiger partial charge in [0.2, 0.25) is 0 Å². The molecule has 1 aliphatic rings. The Balaban J connectivity index is 2.64. The van der Waals surface area contributed by atoms with Crippen molar-refractivity contribution in [3.05, 3.63) is 11.8 Å². The Labute approximate surface area is 91.1 Å². The molecule has 0 aromatic heterocycles. The minimum absolute atomic E-state index is 0.263. The van der Waals surface area contributed by atoms with Crippen molar-refractivity contribution in [2.75, 3.05) is 26.9 Å². The summed E-state index contributed by atoms with van der Waals surface area (Å²) in [5.41, 5.74) is 4.46. The molecule has 0 saturated carbocycles. The molecule has 0 fully saturated rings. The minimum Gasteiger partial charge on any atom is -0.495 e. The maximum Gasteiger partial charge on any atom is 0.144 e. The molecule has 0 saturated heterocycles. The van der Waals surface area contributed by atoms with Crippen molar-refractivity contribution >= 4 is 0 Å². The van der Waals surface area contributed by atoms with Crippen LogP contribution in [0, 0.1) is 0 Å². The lowest BCUT2D eigenvalue weighted by molar-refractivity contribution is -0.0531. The number of nitrogens with two attached hydrogens (primary N) is 1. The van der Waals surface area contributed by atoms with Gasteiger partial charge in [-0.25, -0.2) is 0 Å². The van der Waals surface area contributed by atoms with E-state index in [1.807, 2.05) is 6.08 Å². The standard InChI is InChI=1S/C11H21NO3/c1-14-9-11(13,6-4-7-12)10-5-2-3-8-15-10/h5,13H,2-4,6-9,12H2,1H3. The number of ether oxygens (including phenoxy) is 2. The predicted octanol–water partition coefficient (Wildman–Crippen LogP) is 0.797. The van der Waals surface area contributed by atoms with Crippen LogP contribution in [0.2, 0.25) is 0 Å². The van der Waals surface area contributed by atoms with Gasteiger partial charge in [-0.3, -0.25) is 0 Å². The molecule has 4 nitrogen and oxygen atoms in total. The van der Waals surface area contributed by atoms with E-state index in [1.165, 1.54) is 0 Å². The zero-order chi connectivity index (χ0) is 11.1. The van der Waals surface area contributed by atoms with Gasteiger partial charge in [-0.15, -0.1) is 0 Å². The fourth-order valence-electron chi connectivity index (χ4n) is 1.78. The third kappa shape index (κ3) is 3.48. The Morgan fingerprint density at radius 1 is 1.67 bits per heavy atom. The summed E-state index contributed by atoms with van der Waals surface area (Å²) in [6.07, 6.45) is 5.29. The van der Waals surface area contributed by atoms with Crippen molar-refractivity contribution < 1.29 is 14.6 Å². The van der Waals surface area contributed by atoms with Crippen molar-refractivity contribution in [3.63, 3.8) is 0 Å². The number of hydrogen-bond acceptors (Lipinski definition) is 4. The van der Waals surface area contributed by atoms with Crippen LogP contribution in [0.4, 0.5) is 0 Å². The molecular weight excluding hydrogens is 194 g/mol. The smallest absolute Gasteiger partial charge is 0.144 e. The van der Waals surface area contributed by atoms with E-state index < -0.39 is 5.60 Å². The molecule has 1 aliphatic heterocycles. The monoisotopic (exact) mass is 215 g/mol. The highest BCUT2D eigenvalue weighted by molar-refractivity contribution is 5.12. The van der Waals surface area contributed by atoms with Gasteiger partial charge in [0.25, 0.3) is 0 Å². The molecule has 1 rings (SSSR count). The van der Waals surface area contributed by atoms with Crippen molar-refractivity contribution in [2.24, 2.45) is 5.73 Å². The topological polar surface area (TPSA) is 64.7 Å². The highest BCUT2D eigenvalue weighted by Gasteiger charge is 2.33. The molecular formula is C11H21NO3. The van der Waals surface area contributed by atoms with E-state index in [-0.39, 0.29) is 6.61 Å². The third-order valence-electron chi connectivity index (χ3n) is 2.57. The second-order valence-electron chi connectivity index (χ2n) is 3.92. The van der Waals surface area contributed by atoms with Crippen LogP contribution in [-0.4, -0.2) is 37.6 Å². The molecule has 4 heteroatoms. The number of hydrogen-bond donors (Lipinski definition) is 2. The lowest BCUT2D eigenvalue weighted by Crippen LogP contribution is -2.39. The van der Waals surface area contributed by atoms with E-state index in [0.29, 0.717) is 25.3 Å². The van der Waals surface area contributed by atoms with Crippen LogP contribution < -0.4 is 5.73 Å². The number of methoxy groups -OCH3 is 1. The first kappa shape index (κ1) is 12.5. The largest absolute Gasteiger partial charge is 0.495 e.